The van der Waals surface area contributed by atoms with Gasteiger partial charge in [-0.25, -0.2) is 0 Å². The van der Waals surface area contributed by atoms with Gasteiger partial charge in [0, 0.05) is 12.4 Å². The first-order valence-corrected chi connectivity index (χ1v) is 4.08. The van der Waals surface area contributed by atoms with Gasteiger partial charge >= 0.3 is 0 Å². The molecule has 0 radical (unpaired) electrons. The van der Waals surface area contributed by atoms with Crippen LogP contribution in [0.15, 0.2) is 18.5 Å². The SMILES string of the molecule is CC(=O)CNc1ccncc1C(N)=O. The number of amides is 1. The van der Waals surface area contributed by atoms with Crippen LogP contribution in [-0.4, -0.2) is 23.2 Å². The summed E-state index contributed by atoms with van der Waals surface area (Å²) in [7, 11) is 0. The molecule has 74 valence electrons. The van der Waals surface area contributed by atoms with Crippen molar-refractivity contribution in [3.05, 3.63) is 24.0 Å². The number of carbonyl (C=O) groups excluding carboxylic acids is 2. The Hall–Kier alpha value is -1.91. The van der Waals surface area contributed by atoms with Crippen LogP contribution in [0.1, 0.15) is 17.3 Å². The number of ketones is 1. The fourth-order valence-corrected chi connectivity index (χ4v) is 0.965. The molecule has 0 fully saturated rings. The standard InChI is InChI=1S/C9H11N3O2/c1-6(13)4-12-8-2-3-11-5-7(8)9(10)14/h2-3,5H,4H2,1H3,(H2,10,14)(H,11,12). The van der Waals surface area contributed by atoms with Crippen molar-refractivity contribution in [1.82, 2.24) is 4.98 Å². The smallest absolute Gasteiger partial charge is 0.252 e. The molecular formula is C9H11N3O2. The van der Waals surface area contributed by atoms with Gasteiger partial charge < -0.3 is 11.1 Å². The number of anilines is 1. The molecule has 0 aromatic carbocycles. The Kier molecular flexibility index (Phi) is 3.17. The Balaban J connectivity index is 2.84. The molecule has 0 unspecified atom stereocenters. The average molecular weight is 193 g/mol. The van der Waals surface area contributed by atoms with Crippen molar-refractivity contribution < 1.29 is 9.59 Å². The number of nitrogens with one attached hydrogen (secondary N) is 1. The molecule has 1 aromatic rings. The van der Waals surface area contributed by atoms with E-state index in [9.17, 15) is 9.59 Å². The van der Waals surface area contributed by atoms with Gasteiger partial charge in [0.2, 0.25) is 0 Å². The molecule has 0 spiro atoms. The van der Waals surface area contributed by atoms with Crippen molar-refractivity contribution in [3.63, 3.8) is 0 Å². The first-order valence-electron chi connectivity index (χ1n) is 4.08. The van der Waals surface area contributed by atoms with E-state index < -0.39 is 5.91 Å². The van der Waals surface area contributed by atoms with Crippen molar-refractivity contribution >= 4 is 17.4 Å². The minimum Gasteiger partial charge on any atom is -0.377 e. The highest BCUT2D eigenvalue weighted by atomic mass is 16.1. The molecule has 0 aliphatic heterocycles. The number of hydrogen-bond donors (Lipinski definition) is 2. The van der Waals surface area contributed by atoms with Crippen LogP contribution >= 0.6 is 0 Å². The van der Waals surface area contributed by atoms with Crippen LogP contribution in [0, 0.1) is 0 Å². The molecule has 1 rings (SSSR count). The lowest BCUT2D eigenvalue weighted by molar-refractivity contribution is -0.115. The zero-order chi connectivity index (χ0) is 10.6. The van der Waals surface area contributed by atoms with Crippen molar-refractivity contribution in [3.8, 4) is 0 Å². The van der Waals surface area contributed by atoms with Crippen molar-refractivity contribution in [2.45, 2.75) is 6.92 Å². The van der Waals surface area contributed by atoms with E-state index in [-0.39, 0.29) is 17.9 Å². The summed E-state index contributed by atoms with van der Waals surface area (Å²) in [5.41, 5.74) is 5.93. The topological polar surface area (TPSA) is 85.1 Å². The first-order chi connectivity index (χ1) is 6.61. The van der Waals surface area contributed by atoms with E-state index in [2.05, 4.69) is 10.3 Å². The molecule has 0 saturated heterocycles. The van der Waals surface area contributed by atoms with Gasteiger partial charge in [-0.15, -0.1) is 0 Å². The zero-order valence-electron chi connectivity index (χ0n) is 7.78. The van der Waals surface area contributed by atoms with E-state index >= 15 is 0 Å². The molecule has 14 heavy (non-hydrogen) atoms. The predicted octanol–water partition coefficient (Wildman–Crippen LogP) is 0.181. The van der Waals surface area contributed by atoms with Crippen molar-refractivity contribution in [2.24, 2.45) is 5.73 Å². The Bertz CT molecular complexity index is 363. The Labute approximate surface area is 81.3 Å². The number of Topliss-reactive ketones (excluding diaryl/α,β-unsaturated/α-hetero) is 1. The second-order valence-corrected chi connectivity index (χ2v) is 2.84. The fraction of sp³-hybridized carbons (Fsp3) is 0.222. The lowest BCUT2D eigenvalue weighted by atomic mass is 10.2. The van der Waals surface area contributed by atoms with E-state index in [1.807, 2.05) is 0 Å². The molecule has 1 heterocycles. The highest BCUT2D eigenvalue weighted by Gasteiger charge is 2.07. The molecule has 5 heteroatoms. The summed E-state index contributed by atoms with van der Waals surface area (Å²) in [5.74, 6) is -0.582. The van der Waals surface area contributed by atoms with Crippen LogP contribution < -0.4 is 11.1 Å². The maximum absolute atomic E-state index is 10.9. The Morgan fingerprint density at radius 3 is 2.86 bits per heavy atom. The van der Waals surface area contributed by atoms with Gasteiger partial charge in [-0.05, 0) is 13.0 Å². The second kappa shape index (κ2) is 4.36. The summed E-state index contributed by atoms with van der Waals surface area (Å²) in [6, 6.07) is 1.60. The number of aromatic nitrogens is 1. The third-order valence-electron chi connectivity index (χ3n) is 1.61. The monoisotopic (exact) mass is 193 g/mol. The first kappa shape index (κ1) is 10.2. The average Bonchev–Trinajstić information content (AvgIpc) is 2.15. The summed E-state index contributed by atoms with van der Waals surface area (Å²) in [6.07, 6.45) is 2.89. The normalized spacial score (nSPS) is 9.50. The van der Waals surface area contributed by atoms with E-state index in [1.54, 1.807) is 6.07 Å². The maximum Gasteiger partial charge on any atom is 0.252 e. The molecule has 0 bridgehead atoms. The minimum absolute atomic E-state index is 0.0165. The quantitative estimate of drug-likeness (QED) is 0.714. The van der Waals surface area contributed by atoms with Gasteiger partial charge in [0.15, 0.2) is 0 Å². The number of primary amides is 1. The summed E-state index contributed by atoms with van der Waals surface area (Å²) in [5, 5.41) is 2.80. The van der Waals surface area contributed by atoms with Gasteiger partial charge in [-0.2, -0.15) is 0 Å². The second-order valence-electron chi connectivity index (χ2n) is 2.84. The molecule has 0 atom stereocenters. The van der Waals surface area contributed by atoms with Crippen LogP contribution in [0.3, 0.4) is 0 Å². The van der Waals surface area contributed by atoms with E-state index in [4.69, 9.17) is 5.73 Å². The van der Waals surface area contributed by atoms with Crippen LogP contribution in [-0.2, 0) is 4.79 Å². The summed E-state index contributed by atoms with van der Waals surface area (Å²) in [6.45, 7) is 1.63. The largest absolute Gasteiger partial charge is 0.377 e. The number of hydrogen-bond acceptors (Lipinski definition) is 4. The maximum atomic E-state index is 10.9. The van der Waals surface area contributed by atoms with Crippen LogP contribution in [0.25, 0.3) is 0 Å². The molecular weight excluding hydrogens is 182 g/mol. The van der Waals surface area contributed by atoms with Gasteiger partial charge in [0.25, 0.3) is 5.91 Å². The summed E-state index contributed by atoms with van der Waals surface area (Å²) >= 11 is 0. The van der Waals surface area contributed by atoms with Gasteiger partial charge in [0.1, 0.15) is 5.78 Å². The summed E-state index contributed by atoms with van der Waals surface area (Å²) < 4.78 is 0. The number of pyridine rings is 1. The third kappa shape index (κ3) is 2.55. The Morgan fingerprint density at radius 1 is 1.57 bits per heavy atom. The molecule has 0 aliphatic carbocycles. The number of rotatable bonds is 4. The number of nitrogens with two attached hydrogens (primary N) is 1. The van der Waals surface area contributed by atoms with Gasteiger partial charge in [0.05, 0.1) is 17.8 Å². The molecule has 3 N–H and O–H groups in total. The zero-order valence-corrected chi connectivity index (χ0v) is 7.78. The van der Waals surface area contributed by atoms with Gasteiger partial charge in [-0.1, -0.05) is 0 Å². The van der Waals surface area contributed by atoms with E-state index in [1.165, 1.54) is 19.3 Å². The van der Waals surface area contributed by atoms with Crippen molar-refractivity contribution in [1.29, 1.82) is 0 Å². The molecule has 1 aromatic heterocycles. The fourth-order valence-electron chi connectivity index (χ4n) is 0.965. The highest BCUT2D eigenvalue weighted by Crippen LogP contribution is 2.11. The van der Waals surface area contributed by atoms with Crippen LogP contribution in [0.5, 0.6) is 0 Å². The number of nitrogens with zero attached hydrogens (tertiary/aromatic N) is 1. The third-order valence-corrected chi connectivity index (χ3v) is 1.61. The molecule has 1 amide bonds. The summed E-state index contributed by atoms with van der Waals surface area (Å²) in [4.78, 5) is 25.4. The number of carbonyl (C=O) groups is 2. The van der Waals surface area contributed by atoms with E-state index in [0.717, 1.165) is 0 Å². The van der Waals surface area contributed by atoms with Crippen LogP contribution in [0.4, 0.5) is 5.69 Å². The van der Waals surface area contributed by atoms with E-state index in [0.29, 0.717) is 5.69 Å². The molecule has 5 nitrogen and oxygen atoms in total. The molecule has 0 aliphatic rings. The Morgan fingerprint density at radius 2 is 2.29 bits per heavy atom. The molecule has 0 saturated carbocycles. The highest BCUT2D eigenvalue weighted by molar-refractivity contribution is 5.98. The van der Waals surface area contributed by atoms with Gasteiger partial charge in [-0.3, -0.25) is 14.6 Å². The lowest BCUT2D eigenvalue weighted by Gasteiger charge is -2.06. The van der Waals surface area contributed by atoms with Crippen LogP contribution in [0.2, 0.25) is 0 Å². The lowest BCUT2D eigenvalue weighted by Crippen LogP contribution is -2.17. The minimum atomic E-state index is -0.566. The van der Waals surface area contributed by atoms with Crippen molar-refractivity contribution in [2.75, 3.05) is 11.9 Å². The predicted molar refractivity (Wildman–Crippen MR) is 51.9 cm³/mol.